The molecule has 168 valence electrons. The minimum atomic E-state index is -0.259. The van der Waals surface area contributed by atoms with Crippen molar-refractivity contribution in [3.63, 3.8) is 0 Å². The highest BCUT2D eigenvalue weighted by molar-refractivity contribution is 7.98. The van der Waals surface area contributed by atoms with Gasteiger partial charge < -0.3 is 19.5 Å². The number of hydrogen-bond donors (Lipinski definition) is 1. The topological polar surface area (TPSA) is 69.7 Å². The molecule has 33 heavy (non-hydrogen) atoms. The number of carbonyl (C=O) groups excluding carboxylic acids is 1. The number of para-hydroxylation sites is 1. The maximum Gasteiger partial charge on any atom is 0.256 e. The average molecular weight is 461 g/mol. The molecule has 1 N–H and O–H groups in total. The van der Waals surface area contributed by atoms with Gasteiger partial charge in [-0.05, 0) is 24.5 Å². The Balaban J connectivity index is 1.80. The smallest absolute Gasteiger partial charge is 0.256 e. The van der Waals surface area contributed by atoms with Crippen molar-refractivity contribution in [2.24, 2.45) is 0 Å². The number of amides is 1. The van der Waals surface area contributed by atoms with Gasteiger partial charge in [-0.15, -0.1) is 11.8 Å². The second kappa shape index (κ2) is 9.83. The highest BCUT2D eigenvalue weighted by atomic mass is 32.2. The van der Waals surface area contributed by atoms with Crippen molar-refractivity contribution in [1.29, 1.82) is 0 Å². The van der Waals surface area contributed by atoms with Crippen LogP contribution in [-0.2, 0) is 0 Å². The number of anilines is 1. The Hall–Kier alpha value is -3.71. The Bertz CT molecular complexity index is 1300. The summed E-state index contributed by atoms with van der Waals surface area (Å²) in [6.45, 7) is 0. The molecule has 0 aliphatic heterocycles. The second-order valence-electron chi connectivity index (χ2n) is 7.14. The Morgan fingerprint density at radius 1 is 0.879 bits per heavy atom. The molecule has 4 rings (SSSR count). The summed E-state index contributed by atoms with van der Waals surface area (Å²) in [5.74, 6) is 1.12. The normalized spacial score (nSPS) is 10.7. The van der Waals surface area contributed by atoms with E-state index < -0.39 is 0 Å². The molecule has 0 spiro atoms. The number of ether oxygens (including phenoxy) is 3. The lowest BCUT2D eigenvalue weighted by atomic mass is 10.0. The van der Waals surface area contributed by atoms with Gasteiger partial charge in [0.05, 0.1) is 38.1 Å². The molecule has 0 fully saturated rings. The SMILES string of the molecule is COc1cc(NC(=O)c2cc(-c3ccccc3SC)nc3ccccc23)cc(OC)c1OC. The number of pyridine rings is 1. The van der Waals surface area contributed by atoms with Crippen LogP contribution >= 0.6 is 11.8 Å². The summed E-state index contributed by atoms with van der Waals surface area (Å²) in [5.41, 5.74) is 3.54. The highest BCUT2D eigenvalue weighted by Gasteiger charge is 2.18. The second-order valence-corrected chi connectivity index (χ2v) is 7.99. The maximum absolute atomic E-state index is 13.5. The van der Waals surface area contributed by atoms with E-state index in [0.717, 1.165) is 27.1 Å². The molecule has 1 aromatic heterocycles. The predicted molar refractivity (Wildman–Crippen MR) is 133 cm³/mol. The number of nitrogens with zero attached hydrogens (tertiary/aromatic N) is 1. The summed E-state index contributed by atoms with van der Waals surface area (Å²) in [5, 5.41) is 3.74. The number of carbonyl (C=O) groups is 1. The Morgan fingerprint density at radius 2 is 1.55 bits per heavy atom. The van der Waals surface area contributed by atoms with Gasteiger partial charge in [0.1, 0.15) is 0 Å². The first-order chi connectivity index (χ1) is 16.1. The predicted octanol–water partition coefficient (Wildman–Crippen LogP) is 5.90. The zero-order valence-electron chi connectivity index (χ0n) is 18.8. The van der Waals surface area contributed by atoms with Gasteiger partial charge in [-0.1, -0.05) is 36.4 Å². The van der Waals surface area contributed by atoms with Crippen LogP contribution in [0.4, 0.5) is 5.69 Å². The zero-order valence-corrected chi connectivity index (χ0v) is 19.7. The van der Waals surface area contributed by atoms with E-state index in [-0.39, 0.29) is 5.91 Å². The van der Waals surface area contributed by atoms with Crippen molar-refractivity contribution >= 4 is 34.3 Å². The van der Waals surface area contributed by atoms with Gasteiger partial charge in [0.2, 0.25) is 5.75 Å². The van der Waals surface area contributed by atoms with E-state index in [1.165, 1.54) is 21.3 Å². The number of methoxy groups -OCH3 is 3. The minimum Gasteiger partial charge on any atom is -0.493 e. The fourth-order valence-corrected chi connectivity index (χ4v) is 4.32. The summed E-state index contributed by atoms with van der Waals surface area (Å²) in [4.78, 5) is 19.4. The lowest BCUT2D eigenvalue weighted by molar-refractivity contribution is 0.102. The van der Waals surface area contributed by atoms with Crippen LogP contribution in [0.5, 0.6) is 17.2 Å². The van der Waals surface area contributed by atoms with Crippen LogP contribution in [0, 0.1) is 0 Å². The molecular formula is C26H24N2O4S. The van der Waals surface area contributed by atoms with Gasteiger partial charge in [0.15, 0.2) is 11.5 Å². The Morgan fingerprint density at radius 3 is 2.21 bits per heavy atom. The molecule has 0 saturated carbocycles. The van der Waals surface area contributed by atoms with Gasteiger partial charge >= 0.3 is 0 Å². The number of nitrogens with one attached hydrogen (secondary N) is 1. The van der Waals surface area contributed by atoms with E-state index >= 15 is 0 Å². The van der Waals surface area contributed by atoms with Crippen LogP contribution in [0.3, 0.4) is 0 Å². The average Bonchev–Trinajstić information content (AvgIpc) is 2.87. The van der Waals surface area contributed by atoms with Crippen molar-refractivity contribution in [1.82, 2.24) is 4.98 Å². The van der Waals surface area contributed by atoms with Crippen molar-refractivity contribution in [3.05, 3.63) is 72.3 Å². The number of fused-ring (bicyclic) bond motifs is 1. The maximum atomic E-state index is 13.5. The van der Waals surface area contributed by atoms with Crippen molar-refractivity contribution < 1.29 is 19.0 Å². The summed E-state index contributed by atoms with van der Waals surface area (Å²) >= 11 is 1.64. The first-order valence-electron chi connectivity index (χ1n) is 10.2. The number of rotatable bonds is 7. The summed E-state index contributed by atoms with van der Waals surface area (Å²) < 4.78 is 16.2. The number of benzene rings is 3. The number of aromatic nitrogens is 1. The van der Waals surface area contributed by atoms with Crippen LogP contribution in [0.1, 0.15) is 10.4 Å². The third-order valence-electron chi connectivity index (χ3n) is 5.27. The molecule has 1 heterocycles. The molecule has 0 saturated heterocycles. The molecule has 0 bridgehead atoms. The largest absolute Gasteiger partial charge is 0.493 e. The van der Waals surface area contributed by atoms with Crippen LogP contribution in [0.2, 0.25) is 0 Å². The van der Waals surface area contributed by atoms with Gasteiger partial charge in [0.25, 0.3) is 5.91 Å². The van der Waals surface area contributed by atoms with Gasteiger partial charge in [-0.3, -0.25) is 4.79 Å². The highest BCUT2D eigenvalue weighted by Crippen LogP contribution is 2.40. The Kier molecular flexibility index (Phi) is 6.70. The molecule has 0 aliphatic rings. The third kappa shape index (κ3) is 4.45. The van der Waals surface area contributed by atoms with Crippen LogP contribution in [0.15, 0.2) is 71.6 Å². The monoisotopic (exact) mass is 460 g/mol. The van der Waals surface area contributed by atoms with Crippen LogP contribution < -0.4 is 19.5 Å². The molecule has 0 atom stereocenters. The molecule has 0 aliphatic carbocycles. The van der Waals surface area contributed by atoms with Gasteiger partial charge in [-0.25, -0.2) is 4.98 Å². The number of hydrogen-bond acceptors (Lipinski definition) is 6. The summed E-state index contributed by atoms with van der Waals surface area (Å²) in [6.07, 6.45) is 2.03. The lowest BCUT2D eigenvalue weighted by Gasteiger charge is -2.15. The van der Waals surface area contributed by atoms with Crippen LogP contribution in [-0.4, -0.2) is 38.5 Å². The quantitative estimate of drug-likeness (QED) is 0.346. The van der Waals surface area contributed by atoms with E-state index in [1.54, 1.807) is 23.9 Å². The number of thioether (sulfide) groups is 1. The third-order valence-corrected chi connectivity index (χ3v) is 6.06. The van der Waals surface area contributed by atoms with Crippen LogP contribution in [0.25, 0.3) is 22.2 Å². The van der Waals surface area contributed by atoms with E-state index in [2.05, 4.69) is 5.32 Å². The molecule has 1 amide bonds. The van der Waals surface area contributed by atoms with E-state index in [9.17, 15) is 4.79 Å². The van der Waals surface area contributed by atoms with Gasteiger partial charge in [-0.2, -0.15) is 0 Å². The molecular weight excluding hydrogens is 436 g/mol. The molecule has 0 unspecified atom stereocenters. The van der Waals surface area contributed by atoms with Crippen molar-refractivity contribution in [3.8, 4) is 28.5 Å². The van der Waals surface area contributed by atoms with E-state index in [0.29, 0.717) is 28.5 Å². The minimum absolute atomic E-state index is 0.259. The first kappa shape index (κ1) is 22.5. The van der Waals surface area contributed by atoms with Crippen molar-refractivity contribution in [2.75, 3.05) is 32.9 Å². The molecule has 0 radical (unpaired) electrons. The molecule has 7 heteroatoms. The zero-order chi connectivity index (χ0) is 23.4. The molecule has 4 aromatic rings. The summed E-state index contributed by atoms with van der Waals surface area (Å²) in [6, 6.07) is 20.9. The first-order valence-corrected chi connectivity index (χ1v) is 11.5. The molecule has 6 nitrogen and oxygen atoms in total. The van der Waals surface area contributed by atoms with E-state index in [4.69, 9.17) is 19.2 Å². The Labute approximate surface area is 196 Å². The van der Waals surface area contributed by atoms with Gasteiger partial charge in [0, 0.05) is 33.7 Å². The fourth-order valence-electron chi connectivity index (χ4n) is 3.71. The van der Waals surface area contributed by atoms with E-state index in [1.807, 2.05) is 60.9 Å². The standard InChI is InChI=1S/C26H24N2O4S/c1-30-22-13-16(14-23(31-2)25(22)32-3)27-26(29)19-15-21(18-10-6-8-12-24(18)33-4)28-20-11-7-5-9-17(19)20/h5-15H,1-4H3,(H,27,29). The fraction of sp³-hybridized carbons (Fsp3) is 0.154. The van der Waals surface area contributed by atoms with Crippen molar-refractivity contribution in [2.45, 2.75) is 4.90 Å². The lowest BCUT2D eigenvalue weighted by Crippen LogP contribution is -2.13. The summed E-state index contributed by atoms with van der Waals surface area (Å²) in [7, 11) is 4.61. The molecule has 3 aromatic carbocycles.